The Kier molecular flexibility index (Phi) is 5.77. The monoisotopic (exact) mass is 400 g/mol. The number of hydrogen-bond donors (Lipinski definition) is 3. The third-order valence-corrected chi connectivity index (χ3v) is 4.88. The molecule has 0 aliphatic rings. The fourth-order valence-electron chi connectivity index (χ4n) is 3.49. The molecule has 6 nitrogen and oxygen atoms in total. The fraction of sp³-hybridized carbons (Fsp3) is 0.167. The number of anilines is 2. The number of aliphatic hydroxyl groups excluding tert-OH is 1. The number of nitrogens with zero attached hydrogens (tertiary/aromatic N) is 2. The highest BCUT2D eigenvalue weighted by atomic mass is 16.3. The van der Waals surface area contributed by atoms with Crippen LogP contribution in [-0.2, 0) is 13.0 Å². The van der Waals surface area contributed by atoms with Crippen molar-refractivity contribution in [1.82, 2.24) is 9.78 Å². The van der Waals surface area contributed by atoms with E-state index in [1.165, 1.54) is 0 Å². The maximum Gasteiger partial charge on any atom is 0.324 e. The van der Waals surface area contributed by atoms with Gasteiger partial charge in [0.15, 0.2) is 0 Å². The molecule has 0 saturated carbocycles. The highest BCUT2D eigenvalue weighted by Gasteiger charge is 2.13. The summed E-state index contributed by atoms with van der Waals surface area (Å²) in [7, 11) is 0. The normalized spacial score (nSPS) is 10.9. The van der Waals surface area contributed by atoms with Crippen LogP contribution >= 0.6 is 0 Å². The number of carbonyl (C=O) groups excluding carboxylic acids is 1. The van der Waals surface area contributed by atoms with Gasteiger partial charge in [-0.25, -0.2) is 9.48 Å². The highest BCUT2D eigenvalue weighted by Crippen LogP contribution is 2.24. The zero-order valence-electron chi connectivity index (χ0n) is 16.8. The van der Waals surface area contributed by atoms with E-state index in [4.69, 9.17) is 0 Å². The van der Waals surface area contributed by atoms with Gasteiger partial charge in [-0.1, -0.05) is 61.9 Å². The molecule has 0 saturated heterocycles. The molecule has 152 valence electrons. The van der Waals surface area contributed by atoms with Crippen LogP contribution in [0.3, 0.4) is 0 Å². The lowest BCUT2D eigenvalue weighted by Crippen LogP contribution is -2.21. The van der Waals surface area contributed by atoms with Crippen LogP contribution in [0.4, 0.5) is 16.3 Å². The number of carbonyl (C=O) groups is 1. The first-order valence-corrected chi connectivity index (χ1v) is 10.0. The van der Waals surface area contributed by atoms with Crippen molar-refractivity contribution in [2.24, 2.45) is 0 Å². The molecular weight excluding hydrogens is 376 g/mol. The van der Waals surface area contributed by atoms with Gasteiger partial charge >= 0.3 is 6.03 Å². The molecule has 0 spiro atoms. The van der Waals surface area contributed by atoms with Gasteiger partial charge in [-0.05, 0) is 35.6 Å². The number of nitrogens with one attached hydrogen (secondary N) is 2. The molecule has 4 rings (SSSR count). The van der Waals surface area contributed by atoms with Crippen LogP contribution in [0, 0.1) is 0 Å². The van der Waals surface area contributed by atoms with Gasteiger partial charge in [0.2, 0.25) is 0 Å². The van der Waals surface area contributed by atoms with Crippen LogP contribution < -0.4 is 10.6 Å². The van der Waals surface area contributed by atoms with Crippen LogP contribution in [-0.4, -0.2) is 20.9 Å². The van der Waals surface area contributed by atoms with Crippen molar-refractivity contribution in [3.05, 3.63) is 84.1 Å². The van der Waals surface area contributed by atoms with Crippen LogP contribution in [0.25, 0.3) is 16.5 Å². The summed E-state index contributed by atoms with van der Waals surface area (Å²) in [5.41, 5.74) is 3.20. The van der Waals surface area contributed by atoms with Gasteiger partial charge in [0.05, 0.1) is 23.7 Å². The summed E-state index contributed by atoms with van der Waals surface area (Å²) in [6.45, 7) is 2.03. The van der Waals surface area contributed by atoms with E-state index in [0.717, 1.165) is 46.2 Å². The Morgan fingerprint density at radius 3 is 2.63 bits per heavy atom. The maximum absolute atomic E-state index is 12.8. The van der Waals surface area contributed by atoms with E-state index in [1.54, 1.807) is 4.68 Å². The minimum Gasteiger partial charge on any atom is -0.392 e. The number of benzene rings is 3. The Bertz CT molecular complexity index is 1180. The number of aryl methyl sites for hydroxylation is 1. The molecule has 0 unspecified atom stereocenters. The number of amides is 2. The van der Waals surface area contributed by atoms with Gasteiger partial charge in [-0.15, -0.1) is 0 Å². The van der Waals surface area contributed by atoms with Gasteiger partial charge in [-0.3, -0.25) is 5.32 Å². The number of rotatable bonds is 6. The van der Waals surface area contributed by atoms with Crippen molar-refractivity contribution in [2.45, 2.75) is 26.4 Å². The molecule has 0 fully saturated rings. The first-order valence-electron chi connectivity index (χ1n) is 10.0. The van der Waals surface area contributed by atoms with E-state index in [-0.39, 0.29) is 12.6 Å². The lowest BCUT2D eigenvalue weighted by Gasteiger charge is -2.12. The molecule has 1 heterocycles. The topological polar surface area (TPSA) is 79.2 Å². The minimum absolute atomic E-state index is 0.0543. The zero-order valence-corrected chi connectivity index (χ0v) is 16.8. The largest absolute Gasteiger partial charge is 0.392 e. The predicted molar refractivity (Wildman–Crippen MR) is 120 cm³/mol. The highest BCUT2D eigenvalue weighted by molar-refractivity contribution is 6.06. The molecule has 30 heavy (non-hydrogen) atoms. The number of hydrogen-bond acceptors (Lipinski definition) is 3. The van der Waals surface area contributed by atoms with Crippen molar-refractivity contribution in [3.63, 3.8) is 0 Å². The van der Waals surface area contributed by atoms with Gasteiger partial charge < -0.3 is 10.4 Å². The number of aliphatic hydroxyl groups is 1. The van der Waals surface area contributed by atoms with E-state index < -0.39 is 0 Å². The van der Waals surface area contributed by atoms with Gasteiger partial charge in [-0.2, -0.15) is 5.10 Å². The van der Waals surface area contributed by atoms with E-state index in [2.05, 4.69) is 22.7 Å². The Labute approximate surface area is 175 Å². The average Bonchev–Trinajstić information content (AvgIpc) is 3.16. The second kappa shape index (κ2) is 8.80. The minimum atomic E-state index is -0.339. The first-order chi connectivity index (χ1) is 14.7. The third kappa shape index (κ3) is 4.18. The third-order valence-electron chi connectivity index (χ3n) is 4.88. The molecule has 3 N–H and O–H groups in total. The molecule has 0 radical (unpaired) electrons. The van der Waals surface area contributed by atoms with E-state index >= 15 is 0 Å². The molecule has 3 aromatic carbocycles. The second-order valence-corrected chi connectivity index (χ2v) is 7.12. The average molecular weight is 400 g/mol. The van der Waals surface area contributed by atoms with Gasteiger partial charge in [0.25, 0.3) is 0 Å². The second-order valence-electron chi connectivity index (χ2n) is 7.12. The molecule has 0 bridgehead atoms. The lowest BCUT2D eigenvalue weighted by molar-refractivity contribution is 0.262. The van der Waals surface area contributed by atoms with E-state index in [0.29, 0.717) is 5.82 Å². The Balaban J connectivity index is 1.62. The molecule has 6 heteroatoms. The Hall–Kier alpha value is -3.64. The van der Waals surface area contributed by atoms with Crippen molar-refractivity contribution < 1.29 is 9.90 Å². The Morgan fingerprint density at radius 2 is 1.80 bits per heavy atom. The summed E-state index contributed by atoms with van der Waals surface area (Å²) >= 11 is 0. The number of urea groups is 1. The lowest BCUT2D eigenvalue weighted by atomic mass is 10.1. The first kappa shape index (κ1) is 19.7. The van der Waals surface area contributed by atoms with Crippen molar-refractivity contribution in [2.75, 3.05) is 10.6 Å². The molecule has 1 aromatic heterocycles. The summed E-state index contributed by atoms with van der Waals surface area (Å²) < 4.78 is 1.70. The molecular formula is C24H24N4O2. The summed E-state index contributed by atoms with van der Waals surface area (Å²) in [4.78, 5) is 12.8. The summed E-state index contributed by atoms with van der Waals surface area (Å²) in [6.07, 6.45) is 1.77. The summed E-state index contributed by atoms with van der Waals surface area (Å²) in [6, 6.07) is 22.7. The van der Waals surface area contributed by atoms with Crippen LogP contribution in [0.5, 0.6) is 0 Å². The van der Waals surface area contributed by atoms with Gasteiger partial charge in [0, 0.05) is 11.5 Å². The van der Waals surface area contributed by atoms with E-state index in [9.17, 15) is 9.90 Å². The number of aromatic nitrogens is 2. The molecule has 0 aliphatic heterocycles. The summed E-state index contributed by atoms with van der Waals surface area (Å²) in [5, 5.41) is 22.0. The quantitative estimate of drug-likeness (QED) is 0.421. The summed E-state index contributed by atoms with van der Waals surface area (Å²) in [5.74, 6) is 0.575. The number of fused-ring (bicyclic) bond motifs is 1. The zero-order chi connectivity index (χ0) is 20.9. The maximum atomic E-state index is 12.8. The predicted octanol–water partition coefficient (Wildman–Crippen LogP) is 5.11. The van der Waals surface area contributed by atoms with Crippen LogP contribution in [0.15, 0.2) is 72.8 Å². The van der Waals surface area contributed by atoms with Crippen molar-refractivity contribution in [1.29, 1.82) is 0 Å². The SMILES string of the molecule is CCCc1cc(NC(=O)Nc2cccc3ccccc23)n(-c2cccc(CO)c2)n1. The standard InChI is InChI=1S/C24H24N4O2/c1-2-7-19-15-23(28(27-19)20-11-5-8-17(14-20)16-29)26-24(30)25-22-13-6-10-18-9-3-4-12-21(18)22/h3-6,8-15,29H,2,7,16H2,1H3,(H2,25,26,30). The van der Waals surface area contributed by atoms with Crippen molar-refractivity contribution >= 4 is 28.3 Å². The van der Waals surface area contributed by atoms with Crippen LogP contribution in [0.2, 0.25) is 0 Å². The van der Waals surface area contributed by atoms with E-state index in [1.807, 2.05) is 72.8 Å². The molecule has 0 atom stereocenters. The van der Waals surface area contributed by atoms with Gasteiger partial charge in [0.1, 0.15) is 5.82 Å². The molecule has 2 amide bonds. The molecule has 0 aliphatic carbocycles. The smallest absolute Gasteiger partial charge is 0.324 e. The van der Waals surface area contributed by atoms with Crippen LogP contribution in [0.1, 0.15) is 24.6 Å². The van der Waals surface area contributed by atoms with Crippen molar-refractivity contribution in [3.8, 4) is 5.69 Å². The fourth-order valence-corrected chi connectivity index (χ4v) is 3.49. The molecule has 4 aromatic rings. The Morgan fingerprint density at radius 1 is 1.00 bits per heavy atom.